The molecule has 102 valence electrons. The molecule has 0 amide bonds. The van der Waals surface area contributed by atoms with Gasteiger partial charge in [-0.25, -0.2) is 0 Å². The first kappa shape index (κ1) is 13.5. The van der Waals surface area contributed by atoms with Gasteiger partial charge in [0.05, 0.1) is 0 Å². The lowest BCUT2D eigenvalue weighted by Crippen LogP contribution is -2.37. The molecular weight excluding hydrogens is 234 g/mol. The summed E-state index contributed by atoms with van der Waals surface area (Å²) >= 11 is 0. The van der Waals surface area contributed by atoms with E-state index in [1.807, 2.05) is 13.8 Å². The van der Waals surface area contributed by atoms with Crippen molar-refractivity contribution in [2.75, 3.05) is 26.4 Å². The summed E-state index contributed by atoms with van der Waals surface area (Å²) in [6.07, 6.45) is 1.52. The normalized spacial score (nSPS) is 20.8. The minimum absolute atomic E-state index is 0.0739. The maximum atomic E-state index is 5.89. The highest BCUT2D eigenvalue weighted by Crippen LogP contribution is 2.34. The molecule has 6 nitrogen and oxygen atoms in total. The van der Waals surface area contributed by atoms with Crippen molar-refractivity contribution in [3.63, 3.8) is 0 Å². The van der Waals surface area contributed by atoms with Crippen LogP contribution < -0.4 is 5.73 Å². The maximum absolute atomic E-state index is 5.89. The smallest absolute Gasteiger partial charge is 0.230 e. The zero-order valence-electron chi connectivity index (χ0n) is 11.0. The van der Waals surface area contributed by atoms with Gasteiger partial charge in [0.2, 0.25) is 11.7 Å². The van der Waals surface area contributed by atoms with Gasteiger partial charge in [0.15, 0.2) is 0 Å². The molecule has 1 aliphatic rings. The van der Waals surface area contributed by atoms with Gasteiger partial charge in [-0.1, -0.05) is 12.1 Å². The Bertz CT molecular complexity index is 369. The van der Waals surface area contributed by atoms with Gasteiger partial charge in [0.25, 0.3) is 0 Å². The van der Waals surface area contributed by atoms with E-state index in [0.717, 1.165) is 12.8 Å². The number of ether oxygens (including phenoxy) is 2. The van der Waals surface area contributed by atoms with Crippen LogP contribution in [0.25, 0.3) is 0 Å². The second-order valence-corrected chi connectivity index (χ2v) is 4.63. The molecule has 1 unspecified atom stereocenters. The summed E-state index contributed by atoms with van der Waals surface area (Å²) in [5, 5.41) is 4.08. The molecule has 2 heterocycles. The van der Waals surface area contributed by atoms with E-state index < -0.39 is 5.60 Å². The summed E-state index contributed by atoms with van der Waals surface area (Å²) in [5.41, 5.74) is 5.15. The van der Waals surface area contributed by atoms with Crippen LogP contribution in [0.4, 0.5) is 0 Å². The highest BCUT2D eigenvalue weighted by atomic mass is 16.5. The van der Waals surface area contributed by atoms with E-state index >= 15 is 0 Å². The molecule has 0 radical (unpaired) electrons. The third kappa shape index (κ3) is 2.55. The summed E-state index contributed by atoms with van der Waals surface area (Å²) in [6, 6.07) is 0. The second-order valence-electron chi connectivity index (χ2n) is 4.63. The second kappa shape index (κ2) is 5.77. The Balaban J connectivity index is 2.22. The van der Waals surface area contributed by atoms with Crippen molar-refractivity contribution in [1.29, 1.82) is 0 Å². The minimum atomic E-state index is -0.455. The van der Waals surface area contributed by atoms with Crippen molar-refractivity contribution >= 4 is 0 Å². The molecular formula is C12H21N3O3. The van der Waals surface area contributed by atoms with Gasteiger partial charge in [-0.05, 0) is 6.92 Å². The van der Waals surface area contributed by atoms with Crippen LogP contribution in [0.1, 0.15) is 44.3 Å². The van der Waals surface area contributed by atoms with Gasteiger partial charge in [-0.3, -0.25) is 0 Å². The van der Waals surface area contributed by atoms with Crippen molar-refractivity contribution in [3.05, 3.63) is 11.7 Å². The van der Waals surface area contributed by atoms with E-state index in [1.165, 1.54) is 0 Å². The van der Waals surface area contributed by atoms with Crippen molar-refractivity contribution in [1.82, 2.24) is 10.1 Å². The fourth-order valence-corrected chi connectivity index (χ4v) is 2.13. The van der Waals surface area contributed by atoms with Crippen LogP contribution >= 0.6 is 0 Å². The molecule has 0 bridgehead atoms. The Labute approximate surface area is 107 Å². The predicted octanol–water partition coefficient (Wildman–Crippen LogP) is 1.17. The molecule has 1 fully saturated rings. The molecule has 1 aromatic heterocycles. The Hall–Kier alpha value is -0.980. The SMILES string of the molecule is CCOC1(c2noc(C(C)CN)n2)CCOCC1. The molecule has 18 heavy (non-hydrogen) atoms. The largest absolute Gasteiger partial charge is 0.381 e. The van der Waals surface area contributed by atoms with Gasteiger partial charge in [-0.15, -0.1) is 0 Å². The molecule has 2 rings (SSSR count). The van der Waals surface area contributed by atoms with Gasteiger partial charge in [0.1, 0.15) is 5.60 Å². The Morgan fingerprint density at radius 1 is 1.44 bits per heavy atom. The molecule has 1 aliphatic heterocycles. The zero-order valence-corrected chi connectivity index (χ0v) is 11.0. The first-order valence-electron chi connectivity index (χ1n) is 6.47. The number of hydrogen-bond donors (Lipinski definition) is 1. The van der Waals surface area contributed by atoms with Gasteiger partial charge >= 0.3 is 0 Å². The van der Waals surface area contributed by atoms with Crippen LogP contribution in [0.2, 0.25) is 0 Å². The van der Waals surface area contributed by atoms with Gasteiger partial charge < -0.3 is 19.7 Å². The Morgan fingerprint density at radius 3 is 2.78 bits per heavy atom. The number of hydrogen-bond acceptors (Lipinski definition) is 6. The number of nitrogens with zero attached hydrogens (tertiary/aromatic N) is 2. The average molecular weight is 255 g/mol. The fourth-order valence-electron chi connectivity index (χ4n) is 2.13. The molecule has 2 N–H and O–H groups in total. The van der Waals surface area contributed by atoms with E-state index in [9.17, 15) is 0 Å². The van der Waals surface area contributed by atoms with Crippen LogP contribution in [-0.4, -0.2) is 36.5 Å². The van der Waals surface area contributed by atoms with E-state index in [2.05, 4.69) is 10.1 Å². The molecule has 0 saturated carbocycles. The first-order valence-corrected chi connectivity index (χ1v) is 6.47. The van der Waals surface area contributed by atoms with Crippen LogP contribution in [0.15, 0.2) is 4.52 Å². The van der Waals surface area contributed by atoms with Crippen LogP contribution in [0.3, 0.4) is 0 Å². The maximum Gasteiger partial charge on any atom is 0.230 e. The van der Waals surface area contributed by atoms with Gasteiger partial charge in [-0.2, -0.15) is 4.98 Å². The molecule has 0 spiro atoms. The summed E-state index contributed by atoms with van der Waals surface area (Å²) < 4.78 is 16.5. The lowest BCUT2D eigenvalue weighted by molar-refractivity contribution is -0.118. The molecule has 1 aromatic rings. The van der Waals surface area contributed by atoms with Crippen molar-refractivity contribution in [3.8, 4) is 0 Å². The lowest BCUT2D eigenvalue weighted by atomic mass is 9.93. The molecule has 0 aromatic carbocycles. The van der Waals surface area contributed by atoms with E-state index in [-0.39, 0.29) is 5.92 Å². The summed E-state index contributed by atoms with van der Waals surface area (Å²) in [6.45, 7) is 6.38. The Kier molecular flexibility index (Phi) is 4.31. The molecule has 6 heteroatoms. The van der Waals surface area contributed by atoms with Crippen LogP contribution in [-0.2, 0) is 15.1 Å². The van der Waals surface area contributed by atoms with Crippen LogP contribution in [0.5, 0.6) is 0 Å². The highest BCUT2D eigenvalue weighted by Gasteiger charge is 2.40. The highest BCUT2D eigenvalue weighted by molar-refractivity contribution is 5.05. The van der Waals surface area contributed by atoms with E-state index in [1.54, 1.807) is 0 Å². The van der Waals surface area contributed by atoms with E-state index in [4.69, 9.17) is 19.7 Å². The molecule has 0 aliphatic carbocycles. The lowest BCUT2D eigenvalue weighted by Gasteiger charge is -2.33. The predicted molar refractivity (Wildman–Crippen MR) is 65.1 cm³/mol. The summed E-state index contributed by atoms with van der Waals surface area (Å²) in [7, 11) is 0. The van der Waals surface area contributed by atoms with Crippen molar-refractivity contribution in [2.45, 2.75) is 38.2 Å². The third-order valence-corrected chi connectivity index (χ3v) is 3.35. The molecule has 1 saturated heterocycles. The van der Waals surface area contributed by atoms with Crippen molar-refractivity contribution < 1.29 is 14.0 Å². The standard InChI is InChI=1S/C12H21N3O3/c1-3-17-12(4-6-16-7-5-12)11-14-10(18-15-11)9(2)8-13/h9H,3-8,13H2,1-2H3. The average Bonchev–Trinajstić information content (AvgIpc) is 2.89. The first-order chi connectivity index (χ1) is 8.72. The quantitative estimate of drug-likeness (QED) is 0.850. The monoisotopic (exact) mass is 255 g/mol. The topological polar surface area (TPSA) is 83.4 Å². The number of rotatable bonds is 5. The van der Waals surface area contributed by atoms with E-state index in [0.29, 0.717) is 38.1 Å². The molecule has 1 atom stereocenters. The van der Waals surface area contributed by atoms with Crippen LogP contribution in [0, 0.1) is 0 Å². The number of nitrogens with two attached hydrogens (primary N) is 1. The summed E-state index contributed by atoms with van der Waals surface area (Å²) in [4.78, 5) is 4.46. The third-order valence-electron chi connectivity index (χ3n) is 3.35. The minimum Gasteiger partial charge on any atom is -0.381 e. The number of aromatic nitrogens is 2. The van der Waals surface area contributed by atoms with Gasteiger partial charge in [0, 0.05) is 45.1 Å². The Morgan fingerprint density at radius 2 is 2.17 bits per heavy atom. The fraction of sp³-hybridized carbons (Fsp3) is 0.833. The summed E-state index contributed by atoms with van der Waals surface area (Å²) in [5.74, 6) is 1.28. The van der Waals surface area contributed by atoms with Crippen molar-refractivity contribution in [2.24, 2.45) is 5.73 Å². The zero-order chi connectivity index (χ0) is 13.0.